The number of rotatable bonds is 38. The number of nitrogens with zero attached hydrogens (tertiary/aromatic N) is 2. The second-order valence-electron chi connectivity index (χ2n) is 17.9. The van der Waals surface area contributed by atoms with E-state index in [1.165, 1.54) is 231 Å². The van der Waals surface area contributed by atoms with Crippen LogP contribution in [0, 0.1) is 0 Å². The van der Waals surface area contributed by atoms with Gasteiger partial charge in [0.15, 0.2) is 0 Å². The third-order valence-electron chi connectivity index (χ3n) is 12.2. The van der Waals surface area contributed by atoms with Crippen LogP contribution in [0.25, 0.3) is 0 Å². The van der Waals surface area contributed by atoms with Crippen LogP contribution in [0.4, 0.5) is 11.4 Å². The van der Waals surface area contributed by atoms with Crippen molar-refractivity contribution in [1.82, 2.24) is 0 Å². The van der Waals surface area contributed by atoms with Crippen molar-refractivity contribution in [1.29, 1.82) is 0 Å². The van der Waals surface area contributed by atoms with Gasteiger partial charge in [-0.05, 0) is 0 Å². The summed E-state index contributed by atoms with van der Waals surface area (Å²) in [6.45, 7) is 13.9. The number of aryl methyl sites for hydroxylation is 4. The molecule has 0 amide bonds. The Balaban J connectivity index is 2.52. The zero-order valence-corrected chi connectivity index (χ0v) is 40.4. The van der Waals surface area contributed by atoms with E-state index in [9.17, 15) is 0 Å². The maximum absolute atomic E-state index is 6.17. The molecule has 0 saturated carbocycles. The molecule has 0 aromatic heterocycles. The molecular formula is C55H94N2Ni+. The zero-order chi connectivity index (χ0) is 41.9. The van der Waals surface area contributed by atoms with Crippen LogP contribution < -0.4 is 0 Å². The molecule has 58 heavy (non-hydrogen) atoms. The fourth-order valence-electron chi connectivity index (χ4n) is 8.50. The Morgan fingerprint density at radius 3 is 1.09 bits per heavy atom. The van der Waals surface area contributed by atoms with Crippen molar-refractivity contribution in [3.63, 3.8) is 0 Å². The average Bonchev–Trinajstić information content (AvgIpc) is 3.22. The van der Waals surface area contributed by atoms with Gasteiger partial charge in [-0.25, -0.2) is 0 Å². The predicted molar refractivity (Wildman–Crippen MR) is 257 cm³/mol. The summed E-state index contributed by atoms with van der Waals surface area (Å²) in [5, 5.41) is 0. The summed E-state index contributed by atoms with van der Waals surface area (Å²) < 4.78 is 2.23. The number of benzene rings is 2. The van der Waals surface area contributed by atoms with Gasteiger partial charge in [-0.1, -0.05) is 39.0 Å². The molecule has 0 radical (unpaired) electrons. The molecule has 0 spiro atoms. The molecule has 2 nitrogen and oxygen atoms in total. The Morgan fingerprint density at radius 1 is 0.379 bits per heavy atom. The molecule has 0 aliphatic carbocycles. The van der Waals surface area contributed by atoms with Crippen LogP contribution in [0.2, 0.25) is 0 Å². The molecule has 333 valence electrons. The Labute approximate surface area is 370 Å². The van der Waals surface area contributed by atoms with Gasteiger partial charge < -0.3 is 0 Å². The fourth-order valence-corrected chi connectivity index (χ4v) is 8.86. The Bertz CT molecular complexity index is 1300. The van der Waals surface area contributed by atoms with Gasteiger partial charge in [0.05, 0.1) is 0 Å². The molecule has 0 fully saturated rings. The second-order valence-corrected chi connectivity index (χ2v) is 18.3. The predicted octanol–water partition coefficient (Wildman–Crippen LogP) is 18.4. The van der Waals surface area contributed by atoms with Gasteiger partial charge in [0.2, 0.25) is 0 Å². The number of hydrogen-bond acceptors (Lipinski definition) is 1. The van der Waals surface area contributed by atoms with Gasteiger partial charge in [0.25, 0.3) is 0 Å². The van der Waals surface area contributed by atoms with Crippen LogP contribution in [0.15, 0.2) is 41.4 Å². The minimum absolute atomic E-state index is 1.02. The van der Waals surface area contributed by atoms with Crippen LogP contribution in [0.5, 0.6) is 0 Å². The third kappa shape index (κ3) is 24.5. The Morgan fingerprint density at radius 2 is 0.690 bits per heavy atom. The molecule has 0 N–H and O–H groups in total. The first-order chi connectivity index (χ1) is 28.5. The Hall–Kier alpha value is -1.73. The molecule has 0 unspecified atom stereocenters. The van der Waals surface area contributed by atoms with Gasteiger partial charge in [0, 0.05) is 0 Å². The van der Waals surface area contributed by atoms with Crippen molar-refractivity contribution >= 4 is 22.8 Å². The summed E-state index contributed by atoms with van der Waals surface area (Å²) in [6.07, 6.45) is 44.8. The topological polar surface area (TPSA) is 15.4 Å². The van der Waals surface area contributed by atoms with Crippen LogP contribution in [-0.4, -0.2) is 15.1 Å². The van der Waals surface area contributed by atoms with Gasteiger partial charge >= 0.3 is 333 Å². The molecule has 0 bridgehead atoms. The van der Waals surface area contributed by atoms with Crippen LogP contribution >= 0.6 is 0 Å². The maximum atomic E-state index is 6.17. The molecule has 0 aliphatic heterocycles. The zero-order valence-electron chi connectivity index (χ0n) is 39.4. The Kier molecular flexibility index (Phi) is 32.5. The van der Waals surface area contributed by atoms with Crippen molar-refractivity contribution in [2.45, 2.75) is 266 Å². The van der Waals surface area contributed by atoms with Crippen LogP contribution in [0.1, 0.15) is 263 Å². The summed E-state index contributed by atoms with van der Waals surface area (Å²) in [4.78, 5) is 5.72. The van der Waals surface area contributed by atoms with E-state index in [1.807, 2.05) is 0 Å². The molecule has 3 heteroatoms. The van der Waals surface area contributed by atoms with Gasteiger partial charge in [-0.15, -0.1) is 0 Å². The summed E-state index contributed by atoms with van der Waals surface area (Å²) in [5.74, 6) is 0. The van der Waals surface area contributed by atoms with E-state index in [0.29, 0.717) is 0 Å². The summed E-state index contributed by atoms with van der Waals surface area (Å²) in [5.41, 5.74) is 10.8. The summed E-state index contributed by atoms with van der Waals surface area (Å²) >= 11 is 6.17. The van der Waals surface area contributed by atoms with E-state index >= 15 is 0 Å². The standard InChI is InChI=1S/C55H94N2.Ni/c1-7-13-19-21-22-23-24-25-26-27-28-29-35-41-55(57-53-46-50(38-32-17-11-5)43-51(47-53)39-33-18-12-6)54(40-34-20-14-8-2)56-52-44-48(36-30-15-9-3)42-49(45-52)37-31-16-10-4;/h42-47H,7-41H2,1-6H3;/q;+1. The van der Waals surface area contributed by atoms with E-state index in [4.69, 9.17) is 20.7 Å². The van der Waals surface area contributed by atoms with Crippen molar-refractivity contribution in [3.05, 3.63) is 58.7 Å². The second kappa shape index (κ2) is 36.0. The molecule has 2 rings (SSSR count). The van der Waals surface area contributed by atoms with E-state index in [-0.39, 0.29) is 0 Å². The SMILES string of the molecule is CCCCCCCCCCCCCCCC(=Nc1cc(CCCCC)cc(CCCCC)c1)C(CCCCCC)=[N+]([Ni])c1cc(CCCCC)cc(CCCCC)c1. The van der Waals surface area contributed by atoms with Gasteiger partial charge in [-0.3, -0.25) is 0 Å². The molecular weight excluding hydrogens is 747 g/mol. The van der Waals surface area contributed by atoms with E-state index in [1.54, 1.807) is 0 Å². The molecule has 0 aliphatic rings. The molecule has 0 atom stereocenters. The molecule has 0 saturated heterocycles. The minimum atomic E-state index is 1.02. The van der Waals surface area contributed by atoms with Crippen molar-refractivity contribution in [3.8, 4) is 0 Å². The van der Waals surface area contributed by atoms with E-state index in [0.717, 1.165) is 38.5 Å². The molecule has 2 aromatic carbocycles. The van der Waals surface area contributed by atoms with Crippen molar-refractivity contribution in [2.75, 3.05) is 0 Å². The van der Waals surface area contributed by atoms with Crippen molar-refractivity contribution < 1.29 is 19.3 Å². The number of hydrogen-bond donors (Lipinski definition) is 0. The average molecular weight is 842 g/mol. The first kappa shape index (κ1) is 52.4. The van der Waals surface area contributed by atoms with Crippen molar-refractivity contribution in [2.24, 2.45) is 4.99 Å². The quantitative estimate of drug-likeness (QED) is 0.0364. The van der Waals surface area contributed by atoms with E-state index in [2.05, 4.69) is 81.6 Å². The van der Waals surface area contributed by atoms with Gasteiger partial charge in [-0.2, -0.15) is 0 Å². The number of aliphatic imine (C=N–C) groups is 1. The monoisotopic (exact) mass is 841 g/mol. The first-order valence-electron chi connectivity index (χ1n) is 25.6. The normalized spacial score (nSPS) is 12.4. The van der Waals surface area contributed by atoms with Crippen LogP contribution in [0.3, 0.4) is 0 Å². The molecule has 0 heterocycles. The van der Waals surface area contributed by atoms with E-state index < -0.39 is 0 Å². The summed E-state index contributed by atoms with van der Waals surface area (Å²) in [7, 11) is 0. The fraction of sp³-hybridized carbons (Fsp3) is 0.745. The van der Waals surface area contributed by atoms with Gasteiger partial charge in [0.1, 0.15) is 0 Å². The molecule has 2 aromatic rings. The first-order valence-corrected chi connectivity index (χ1v) is 26.1. The number of unbranched alkanes of at least 4 members (excludes halogenated alkanes) is 23. The summed E-state index contributed by atoms with van der Waals surface area (Å²) in [6, 6.07) is 14.7. The third-order valence-corrected chi connectivity index (χ3v) is 12.7. The van der Waals surface area contributed by atoms with Crippen LogP contribution in [-0.2, 0) is 41.4 Å².